The molecule has 0 radical (unpaired) electrons. The number of carboxylic acid groups (broad SMARTS) is 2. The van der Waals surface area contributed by atoms with E-state index in [4.69, 9.17) is 10.5 Å². The zero-order valence-corrected chi connectivity index (χ0v) is 29.7. The fraction of sp³-hybridized carbons (Fsp3) is 0.410. The molecule has 1 saturated carbocycles. The van der Waals surface area contributed by atoms with E-state index in [1.165, 1.54) is 6.07 Å². The molecule has 0 aromatic heterocycles. The summed E-state index contributed by atoms with van der Waals surface area (Å²) in [6.45, 7) is 3.60. The number of nitrogens with two attached hydrogens (primary N) is 1. The molecule has 14 heteroatoms. The van der Waals surface area contributed by atoms with E-state index in [1.807, 2.05) is 42.5 Å². The fourth-order valence-corrected chi connectivity index (χ4v) is 6.53. The van der Waals surface area contributed by atoms with Gasteiger partial charge < -0.3 is 36.6 Å². The van der Waals surface area contributed by atoms with Gasteiger partial charge in [-0.3, -0.25) is 33.6 Å². The van der Waals surface area contributed by atoms with Gasteiger partial charge in [0.25, 0.3) is 0 Å². The maximum atomic E-state index is 13.8. The lowest BCUT2D eigenvalue weighted by Gasteiger charge is -2.30. The molecule has 3 aromatic rings. The Morgan fingerprint density at radius 2 is 1.42 bits per heavy atom. The average Bonchev–Trinajstić information content (AvgIpc) is 3.10. The van der Waals surface area contributed by atoms with Crippen LogP contribution in [0.15, 0.2) is 66.7 Å². The summed E-state index contributed by atoms with van der Waals surface area (Å²) in [5, 5.41) is 28.8. The molecule has 0 heterocycles. The van der Waals surface area contributed by atoms with E-state index < -0.39 is 77.9 Å². The van der Waals surface area contributed by atoms with Gasteiger partial charge in [-0.1, -0.05) is 81.3 Å². The second kappa shape index (κ2) is 18.6. The summed E-state index contributed by atoms with van der Waals surface area (Å²) in [5.74, 6) is -8.27. The molecule has 0 bridgehead atoms. The van der Waals surface area contributed by atoms with Crippen LogP contribution in [-0.4, -0.2) is 69.9 Å². The Kier molecular flexibility index (Phi) is 14.1. The Labute approximate surface area is 306 Å². The number of amides is 4. The van der Waals surface area contributed by atoms with E-state index in [0.717, 1.165) is 16.3 Å². The van der Waals surface area contributed by atoms with Crippen molar-refractivity contribution in [3.05, 3.63) is 77.9 Å². The van der Waals surface area contributed by atoms with E-state index in [-0.39, 0.29) is 43.8 Å². The average molecular weight is 731 g/mol. The summed E-state index contributed by atoms with van der Waals surface area (Å²) in [6.07, 6.45) is 0.930. The van der Waals surface area contributed by atoms with Crippen LogP contribution in [0, 0.1) is 17.8 Å². The van der Waals surface area contributed by atoms with Crippen molar-refractivity contribution in [2.45, 2.75) is 83.3 Å². The SMILES string of the molecule is CC(C)C[C@H](NC(=O)[C@H](CC(=O)O)NC(=O)[C@H](Cc1cccc(OC(=O)Cc2ccc3ccccc3c2)c1)NC(=O)[C@@H]1CCCC[C@H]1C(=O)O)C(N)=O. The lowest BCUT2D eigenvalue weighted by Crippen LogP contribution is -2.58. The van der Waals surface area contributed by atoms with Crippen molar-refractivity contribution in [2.24, 2.45) is 23.5 Å². The van der Waals surface area contributed by atoms with Crippen molar-refractivity contribution in [3.8, 4) is 5.75 Å². The van der Waals surface area contributed by atoms with Crippen molar-refractivity contribution >= 4 is 52.3 Å². The van der Waals surface area contributed by atoms with Gasteiger partial charge in [-0.15, -0.1) is 0 Å². The van der Waals surface area contributed by atoms with Crippen LogP contribution in [0.5, 0.6) is 5.75 Å². The molecule has 53 heavy (non-hydrogen) atoms. The maximum Gasteiger partial charge on any atom is 0.315 e. The number of esters is 1. The largest absolute Gasteiger partial charge is 0.481 e. The lowest BCUT2D eigenvalue weighted by molar-refractivity contribution is -0.149. The predicted octanol–water partition coefficient (Wildman–Crippen LogP) is 2.88. The highest BCUT2D eigenvalue weighted by molar-refractivity contribution is 5.96. The summed E-state index contributed by atoms with van der Waals surface area (Å²) in [5.41, 5.74) is 6.63. The molecule has 0 unspecified atom stereocenters. The normalized spacial score (nSPS) is 17.2. The third kappa shape index (κ3) is 11.9. The molecule has 0 aliphatic heterocycles. The van der Waals surface area contributed by atoms with Crippen molar-refractivity contribution in [3.63, 3.8) is 0 Å². The van der Waals surface area contributed by atoms with Gasteiger partial charge in [-0.25, -0.2) is 0 Å². The lowest BCUT2D eigenvalue weighted by atomic mass is 9.78. The van der Waals surface area contributed by atoms with Gasteiger partial charge >= 0.3 is 17.9 Å². The molecule has 0 saturated heterocycles. The first-order chi connectivity index (χ1) is 25.2. The van der Waals surface area contributed by atoms with Gasteiger partial charge in [0.15, 0.2) is 0 Å². The Morgan fingerprint density at radius 3 is 2.08 bits per heavy atom. The van der Waals surface area contributed by atoms with Gasteiger partial charge in [0.2, 0.25) is 23.6 Å². The number of aliphatic carboxylic acids is 2. The number of primary amides is 1. The Morgan fingerprint density at radius 1 is 0.755 bits per heavy atom. The minimum absolute atomic E-state index is 0.0108. The number of hydrogen-bond donors (Lipinski definition) is 6. The van der Waals surface area contributed by atoms with Crippen LogP contribution in [-0.2, 0) is 46.4 Å². The quantitative estimate of drug-likeness (QED) is 0.0878. The highest BCUT2D eigenvalue weighted by Crippen LogP contribution is 2.31. The van der Waals surface area contributed by atoms with Gasteiger partial charge in [0.1, 0.15) is 23.9 Å². The summed E-state index contributed by atoms with van der Waals surface area (Å²) >= 11 is 0. The summed E-state index contributed by atoms with van der Waals surface area (Å²) in [4.78, 5) is 89.3. The third-order valence-electron chi connectivity index (χ3n) is 9.16. The molecule has 5 atom stereocenters. The van der Waals surface area contributed by atoms with E-state index in [1.54, 1.807) is 32.0 Å². The zero-order valence-electron chi connectivity index (χ0n) is 29.7. The highest BCUT2D eigenvalue weighted by Gasteiger charge is 2.38. The predicted molar refractivity (Wildman–Crippen MR) is 193 cm³/mol. The van der Waals surface area contributed by atoms with Crippen LogP contribution in [0.2, 0.25) is 0 Å². The molecule has 1 aliphatic carbocycles. The van der Waals surface area contributed by atoms with Crippen LogP contribution < -0.4 is 26.4 Å². The molecular formula is C39H46N4O10. The zero-order chi connectivity index (χ0) is 38.7. The number of fused-ring (bicyclic) bond motifs is 1. The van der Waals surface area contributed by atoms with Crippen LogP contribution in [0.1, 0.15) is 63.5 Å². The molecule has 0 spiro atoms. The number of nitrogens with one attached hydrogen (secondary N) is 3. The topological polar surface area (TPSA) is 231 Å². The minimum Gasteiger partial charge on any atom is -0.481 e. The van der Waals surface area contributed by atoms with Crippen molar-refractivity contribution < 1.29 is 48.5 Å². The first-order valence-electron chi connectivity index (χ1n) is 17.6. The molecule has 1 aliphatic rings. The van der Waals surface area contributed by atoms with Gasteiger partial charge in [-0.2, -0.15) is 0 Å². The van der Waals surface area contributed by atoms with Crippen molar-refractivity contribution in [1.82, 2.24) is 16.0 Å². The van der Waals surface area contributed by atoms with Gasteiger partial charge in [0.05, 0.1) is 24.7 Å². The second-order valence-electron chi connectivity index (χ2n) is 13.8. The number of hydrogen-bond acceptors (Lipinski definition) is 8. The molecule has 14 nitrogen and oxygen atoms in total. The van der Waals surface area contributed by atoms with Gasteiger partial charge in [-0.05, 0) is 59.2 Å². The van der Waals surface area contributed by atoms with E-state index >= 15 is 0 Å². The molecule has 3 aromatic carbocycles. The highest BCUT2D eigenvalue weighted by atomic mass is 16.5. The Bertz CT molecular complexity index is 1840. The van der Waals surface area contributed by atoms with Crippen LogP contribution >= 0.6 is 0 Å². The van der Waals surface area contributed by atoms with Crippen molar-refractivity contribution in [2.75, 3.05) is 0 Å². The number of carboxylic acids is 2. The monoisotopic (exact) mass is 730 g/mol. The number of carbonyl (C=O) groups excluding carboxylic acids is 5. The number of ether oxygens (including phenoxy) is 1. The summed E-state index contributed by atoms with van der Waals surface area (Å²) in [7, 11) is 0. The molecule has 4 amide bonds. The molecule has 4 rings (SSSR count). The van der Waals surface area contributed by atoms with Crippen LogP contribution in [0.3, 0.4) is 0 Å². The number of carbonyl (C=O) groups is 7. The third-order valence-corrected chi connectivity index (χ3v) is 9.16. The summed E-state index contributed by atoms with van der Waals surface area (Å²) in [6, 6.07) is 15.5. The fourth-order valence-electron chi connectivity index (χ4n) is 6.53. The first-order valence-corrected chi connectivity index (χ1v) is 17.6. The van der Waals surface area contributed by atoms with E-state index in [2.05, 4.69) is 16.0 Å². The number of benzene rings is 3. The van der Waals surface area contributed by atoms with Crippen molar-refractivity contribution in [1.29, 1.82) is 0 Å². The summed E-state index contributed by atoms with van der Waals surface area (Å²) < 4.78 is 5.61. The standard InChI is InChI=1S/C39H46N4O10/c1-22(2)16-30(35(40)47)41-38(50)32(21-33(44)45)43-37(49)31(42-36(48)28-12-5-6-13-29(28)39(51)52)19-23-8-7-11-27(18-23)53-34(46)20-24-14-15-25-9-3-4-10-26(25)17-24/h3-4,7-11,14-15,17-18,22,28-32H,5-6,12-13,16,19-21H2,1-2H3,(H2,40,47)(H,41,50)(H,42,48)(H,43,49)(H,44,45)(H,51,52)/t28-,29-,30+,31+,32+/m1/s1. The maximum absolute atomic E-state index is 13.8. The number of rotatable bonds is 17. The molecule has 7 N–H and O–H groups in total. The molecule has 1 fully saturated rings. The van der Waals surface area contributed by atoms with Crippen LogP contribution in [0.4, 0.5) is 0 Å². The van der Waals surface area contributed by atoms with Gasteiger partial charge in [0, 0.05) is 6.42 Å². The second-order valence-corrected chi connectivity index (χ2v) is 13.8. The van der Waals surface area contributed by atoms with Crippen LogP contribution in [0.25, 0.3) is 10.8 Å². The Hall–Kier alpha value is -5.79. The molecular weight excluding hydrogens is 684 g/mol. The van der Waals surface area contributed by atoms with E-state index in [0.29, 0.717) is 18.4 Å². The molecule has 282 valence electrons. The minimum atomic E-state index is -1.66. The Balaban J connectivity index is 1.55. The smallest absolute Gasteiger partial charge is 0.315 e. The van der Waals surface area contributed by atoms with E-state index in [9.17, 15) is 43.8 Å². The first kappa shape index (κ1) is 40.0.